The van der Waals surface area contributed by atoms with Crippen molar-refractivity contribution < 1.29 is 9.90 Å². The second-order valence-corrected chi connectivity index (χ2v) is 7.01. The Kier molecular flexibility index (Phi) is 4.92. The number of carboxylic acids is 1. The summed E-state index contributed by atoms with van der Waals surface area (Å²) in [6.07, 6.45) is 6.33. The van der Waals surface area contributed by atoms with Crippen molar-refractivity contribution in [3.05, 3.63) is 29.3 Å². The van der Waals surface area contributed by atoms with Gasteiger partial charge >= 0.3 is 5.97 Å². The molecule has 3 heteroatoms. The van der Waals surface area contributed by atoms with Gasteiger partial charge in [0.2, 0.25) is 0 Å². The lowest BCUT2D eigenvalue weighted by Crippen LogP contribution is -2.29. The Morgan fingerprint density at radius 1 is 1.33 bits per heavy atom. The maximum atomic E-state index is 11.3. The highest BCUT2D eigenvalue weighted by Crippen LogP contribution is 2.43. The lowest BCUT2D eigenvalue weighted by molar-refractivity contribution is 0.0698. The molecule has 1 aromatic rings. The Balaban J connectivity index is 2.14. The number of benzene rings is 1. The van der Waals surface area contributed by atoms with E-state index in [4.69, 9.17) is 0 Å². The quantitative estimate of drug-likeness (QED) is 0.797. The van der Waals surface area contributed by atoms with Crippen molar-refractivity contribution in [3.8, 4) is 0 Å². The van der Waals surface area contributed by atoms with E-state index in [0.29, 0.717) is 16.9 Å². The summed E-state index contributed by atoms with van der Waals surface area (Å²) in [5.74, 6) is -0.178. The summed E-state index contributed by atoms with van der Waals surface area (Å²) in [6.45, 7) is 7.43. The van der Waals surface area contributed by atoms with Gasteiger partial charge in [-0.25, -0.2) is 4.79 Å². The molecule has 0 saturated heterocycles. The second kappa shape index (κ2) is 6.50. The highest BCUT2D eigenvalue weighted by Gasteiger charge is 2.34. The molecule has 1 aromatic carbocycles. The first-order valence-corrected chi connectivity index (χ1v) is 8.00. The maximum Gasteiger partial charge on any atom is 0.337 e. The number of carboxylic acid groups (broad SMARTS) is 1. The largest absolute Gasteiger partial charge is 0.478 e. The number of hydrogen-bond donors (Lipinski definition) is 2. The van der Waals surface area contributed by atoms with Crippen molar-refractivity contribution in [2.24, 2.45) is 11.3 Å². The predicted molar refractivity (Wildman–Crippen MR) is 87.0 cm³/mol. The number of nitrogens with one attached hydrogen (secondary N) is 1. The van der Waals surface area contributed by atoms with Gasteiger partial charge in [-0.15, -0.1) is 0 Å². The van der Waals surface area contributed by atoms with Crippen molar-refractivity contribution in [3.63, 3.8) is 0 Å². The molecular weight excluding hydrogens is 262 g/mol. The van der Waals surface area contributed by atoms with E-state index in [1.54, 1.807) is 6.07 Å². The van der Waals surface area contributed by atoms with Crippen LogP contribution in [0.25, 0.3) is 0 Å². The van der Waals surface area contributed by atoms with Crippen LogP contribution in [0.5, 0.6) is 0 Å². The first-order valence-electron chi connectivity index (χ1n) is 8.00. The summed E-state index contributed by atoms with van der Waals surface area (Å²) < 4.78 is 0. The molecule has 0 atom stereocenters. The molecule has 0 radical (unpaired) electrons. The molecule has 21 heavy (non-hydrogen) atoms. The zero-order valence-electron chi connectivity index (χ0n) is 13.4. The fourth-order valence-electron chi connectivity index (χ4n) is 3.72. The molecule has 0 aliphatic heterocycles. The Bertz CT molecular complexity index is 502. The van der Waals surface area contributed by atoms with E-state index in [9.17, 15) is 9.90 Å². The van der Waals surface area contributed by atoms with Crippen LogP contribution in [0, 0.1) is 18.3 Å². The molecule has 1 fully saturated rings. The van der Waals surface area contributed by atoms with Gasteiger partial charge in [0.05, 0.1) is 5.56 Å². The fourth-order valence-corrected chi connectivity index (χ4v) is 3.72. The molecular formula is C18H27NO2. The summed E-state index contributed by atoms with van der Waals surface area (Å²) in [4.78, 5) is 11.3. The van der Waals surface area contributed by atoms with Gasteiger partial charge in [0, 0.05) is 12.2 Å². The van der Waals surface area contributed by atoms with Crippen LogP contribution in [0.2, 0.25) is 0 Å². The zero-order valence-corrected chi connectivity index (χ0v) is 13.4. The number of aryl methyl sites for hydroxylation is 1. The van der Waals surface area contributed by atoms with Crippen LogP contribution in [0.15, 0.2) is 18.2 Å². The highest BCUT2D eigenvalue weighted by molar-refractivity contribution is 5.94. The minimum Gasteiger partial charge on any atom is -0.478 e. The third-order valence-electron chi connectivity index (χ3n) is 4.56. The summed E-state index contributed by atoms with van der Waals surface area (Å²) in [5.41, 5.74) is 2.57. The molecule has 1 aliphatic carbocycles. The van der Waals surface area contributed by atoms with Crippen LogP contribution >= 0.6 is 0 Å². The number of hydrogen-bond acceptors (Lipinski definition) is 2. The van der Waals surface area contributed by atoms with Gasteiger partial charge in [-0.2, -0.15) is 0 Å². The standard InChI is InChI=1S/C18H27NO2/c1-13(2)11-18(8-4-5-9-18)12-19-16-10-14(3)6-7-15(16)17(20)21/h6-7,10,13,19H,4-5,8-9,11-12H2,1-3H3,(H,20,21). The van der Waals surface area contributed by atoms with Gasteiger partial charge in [0.1, 0.15) is 0 Å². The molecule has 116 valence electrons. The van der Waals surface area contributed by atoms with Crippen molar-refractivity contribution in [2.75, 3.05) is 11.9 Å². The molecule has 2 rings (SSSR count). The van der Waals surface area contributed by atoms with E-state index in [-0.39, 0.29) is 0 Å². The van der Waals surface area contributed by atoms with Crippen molar-refractivity contribution in [1.82, 2.24) is 0 Å². The lowest BCUT2D eigenvalue weighted by atomic mass is 9.78. The third-order valence-corrected chi connectivity index (χ3v) is 4.56. The van der Waals surface area contributed by atoms with Gasteiger partial charge in [-0.05, 0) is 55.2 Å². The van der Waals surface area contributed by atoms with E-state index in [0.717, 1.165) is 17.8 Å². The molecule has 0 unspecified atom stereocenters. The van der Waals surface area contributed by atoms with E-state index < -0.39 is 5.97 Å². The van der Waals surface area contributed by atoms with Crippen molar-refractivity contribution in [1.29, 1.82) is 0 Å². The summed E-state index contributed by atoms with van der Waals surface area (Å²) in [5, 5.41) is 12.8. The third kappa shape index (κ3) is 3.99. The number of rotatable bonds is 6. The van der Waals surface area contributed by atoms with Crippen molar-refractivity contribution in [2.45, 2.75) is 52.9 Å². The Morgan fingerprint density at radius 3 is 2.57 bits per heavy atom. The molecule has 2 N–H and O–H groups in total. The minimum absolute atomic E-state index is 0.341. The summed E-state index contributed by atoms with van der Waals surface area (Å²) in [7, 11) is 0. The van der Waals surface area contributed by atoms with E-state index in [2.05, 4.69) is 19.2 Å². The first-order chi connectivity index (χ1) is 9.92. The smallest absolute Gasteiger partial charge is 0.337 e. The monoisotopic (exact) mass is 289 g/mol. The Morgan fingerprint density at radius 2 is 2.00 bits per heavy atom. The average molecular weight is 289 g/mol. The second-order valence-electron chi connectivity index (χ2n) is 7.01. The number of aromatic carboxylic acids is 1. The van der Waals surface area contributed by atoms with Gasteiger partial charge in [-0.3, -0.25) is 0 Å². The highest BCUT2D eigenvalue weighted by atomic mass is 16.4. The van der Waals surface area contributed by atoms with Gasteiger partial charge in [-0.1, -0.05) is 32.8 Å². The van der Waals surface area contributed by atoms with Crippen molar-refractivity contribution >= 4 is 11.7 Å². The van der Waals surface area contributed by atoms with Gasteiger partial charge in [0.25, 0.3) is 0 Å². The van der Waals surface area contributed by atoms with E-state index in [1.807, 2.05) is 19.1 Å². The maximum absolute atomic E-state index is 11.3. The molecule has 0 aromatic heterocycles. The minimum atomic E-state index is -0.859. The molecule has 1 aliphatic rings. The predicted octanol–water partition coefficient (Wildman–Crippen LogP) is 4.71. The zero-order chi connectivity index (χ0) is 15.5. The number of anilines is 1. The van der Waals surface area contributed by atoms with Crippen LogP contribution in [-0.4, -0.2) is 17.6 Å². The first kappa shape index (κ1) is 15.9. The number of carbonyl (C=O) groups is 1. The van der Waals surface area contributed by atoms with Crippen LogP contribution in [0.4, 0.5) is 5.69 Å². The SMILES string of the molecule is Cc1ccc(C(=O)O)c(NCC2(CC(C)C)CCCC2)c1. The van der Waals surface area contributed by atoms with Crippen LogP contribution in [-0.2, 0) is 0 Å². The summed E-state index contributed by atoms with van der Waals surface area (Å²) in [6, 6.07) is 5.50. The Labute approximate surface area is 127 Å². The topological polar surface area (TPSA) is 49.3 Å². The molecule has 1 saturated carbocycles. The lowest BCUT2D eigenvalue weighted by Gasteiger charge is -2.32. The average Bonchev–Trinajstić information content (AvgIpc) is 2.84. The van der Waals surface area contributed by atoms with Crippen LogP contribution in [0.3, 0.4) is 0 Å². The fraction of sp³-hybridized carbons (Fsp3) is 0.611. The normalized spacial score (nSPS) is 17.1. The molecule has 0 heterocycles. The van der Waals surface area contributed by atoms with Gasteiger partial charge < -0.3 is 10.4 Å². The van der Waals surface area contributed by atoms with Crippen LogP contribution < -0.4 is 5.32 Å². The van der Waals surface area contributed by atoms with Crippen LogP contribution in [0.1, 0.15) is 61.9 Å². The van der Waals surface area contributed by atoms with Gasteiger partial charge in [0.15, 0.2) is 0 Å². The van der Waals surface area contributed by atoms with E-state index >= 15 is 0 Å². The summed E-state index contributed by atoms with van der Waals surface area (Å²) >= 11 is 0. The van der Waals surface area contributed by atoms with E-state index in [1.165, 1.54) is 32.1 Å². The Hall–Kier alpha value is -1.51. The molecule has 0 amide bonds. The molecule has 3 nitrogen and oxygen atoms in total. The molecule has 0 spiro atoms. The molecule has 0 bridgehead atoms.